The van der Waals surface area contributed by atoms with Crippen LogP contribution < -0.4 is 56.8 Å². The van der Waals surface area contributed by atoms with Crippen molar-refractivity contribution in [3.63, 3.8) is 0 Å². The van der Waals surface area contributed by atoms with E-state index in [0.717, 1.165) is 30.3 Å². The minimum absolute atomic E-state index is 0.0779. The first-order valence-corrected chi connectivity index (χ1v) is 43.7. The summed E-state index contributed by atoms with van der Waals surface area (Å²) in [6, 6.07) is 60.4. The van der Waals surface area contributed by atoms with Crippen molar-refractivity contribution in [1.29, 1.82) is 0 Å². The van der Waals surface area contributed by atoms with Gasteiger partial charge in [-0.1, -0.05) is 160 Å². The van der Waals surface area contributed by atoms with E-state index in [1.54, 1.807) is 210 Å². The van der Waals surface area contributed by atoms with Gasteiger partial charge in [-0.25, -0.2) is 30.7 Å². The molecule has 0 bridgehead atoms. The molecule has 0 unspecified atom stereocenters. The Balaban J connectivity index is 0.000000215. The largest absolute Gasteiger partial charge is 0.489 e. The molecule has 12 aromatic rings. The van der Waals surface area contributed by atoms with Crippen molar-refractivity contribution in [2.75, 3.05) is 0 Å². The maximum absolute atomic E-state index is 13.9. The number of halogens is 10. The van der Waals surface area contributed by atoms with Gasteiger partial charge in [0, 0.05) is 105 Å². The van der Waals surface area contributed by atoms with Crippen molar-refractivity contribution < 1.29 is 116 Å². The fourth-order valence-electron chi connectivity index (χ4n) is 10.9. The molecule has 12 aromatic carbocycles. The molecule has 28 heteroatoms. The molecule has 0 radical (unpaired) electrons. The van der Waals surface area contributed by atoms with Gasteiger partial charge < -0.3 is 56.8 Å². The van der Waals surface area contributed by atoms with Crippen LogP contribution in [-0.2, 0) is 68.4 Å². The Hall–Kier alpha value is -12.7. The molecule has 0 spiro atoms. The summed E-state index contributed by atoms with van der Waals surface area (Å²) >= 11 is 11.7. The fourth-order valence-corrected chi connectivity index (χ4v) is 12.2. The minimum atomic E-state index is -0.547. The normalized spacial score (nSPS) is 10.3. The summed E-state index contributed by atoms with van der Waals surface area (Å²) in [5.74, 6) is 0.180. The van der Waals surface area contributed by atoms with Crippen LogP contribution in [-0.4, -0.2) is 35.8 Å². The van der Waals surface area contributed by atoms with E-state index in [4.69, 9.17) is 68.4 Å². The number of benzene rings is 12. The zero-order valence-electron chi connectivity index (χ0n) is 74.5. The molecule has 0 saturated carbocycles. The number of esters is 6. The molecule has 0 fully saturated rings. The van der Waals surface area contributed by atoms with E-state index in [2.05, 4.69) is 38.5 Å². The Bertz CT molecular complexity index is 5210. The van der Waals surface area contributed by atoms with Gasteiger partial charge in [0.15, 0.2) is 0 Å². The van der Waals surface area contributed by atoms with Gasteiger partial charge in [-0.2, -0.15) is 0 Å². The van der Waals surface area contributed by atoms with Crippen molar-refractivity contribution >= 4 is 85.9 Å². The van der Waals surface area contributed by atoms with Crippen LogP contribution >= 0.6 is 50.1 Å². The molecule has 0 saturated heterocycles. The molecule has 131 heavy (non-hydrogen) atoms. The zero-order chi connectivity index (χ0) is 95.8. The third kappa shape index (κ3) is 34.6. The topological polar surface area (TPSA) is 213 Å². The van der Waals surface area contributed by atoms with E-state index in [9.17, 15) is 59.5 Å². The van der Waals surface area contributed by atoms with Gasteiger partial charge >= 0.3 is 35.8 Å². The van der Waals surface area contributed by atoms with Gasteiger partial charge in [0.2, 0.25) is 0 Å². The molecular formula is C103H100BrClF7IO18. The average Bonchev–Trinajstić information content (AvgIpc) is 0.859. The summed E-state index contributed by atoms with van der Waals surface area (Å²) in [6.45, 7) is 23.0. The van der Waals surface area contributed by atoms with Crippen molar-refractivity contribution in [2.45, 2.75) is 168 Å². The van der Waals surface area contributed by atoms with Crippen molar-refractivity contribution in [3.05, 3.63) is 351 Å². The molecule has 0 atom stereocenters. The molecule has 0 amide bonds. The smallest absolute Gasteiger partial charge is 0.310 e. The van der Waals surface area contributed by atoms with Gasteiger partial charge in [-0.05, 0) is 207 Å². The second-order valence-electron chi connectivity index (χ2n) is 28.7. The number of hydrogen-bond acceptors (Lipinski definition) is 18. The van der Waals surface area contributed by atoms with Crippen LogP contribution in [0.1, 0.15) is 152 Å². The average molecular weight is 2000 g/mol. The SMILES string of the molecule is CCC(=O)Oc1cccc(Br)c1COc1ccc(C)c(F)c1.CCC(=O)Oc1cccc(C)c1COc1ccc(C)c(F)c1.CCC(=O)Oc1cccc(Cl)c1COc1ccc(C)c(F)c1.CCC(=O)Oc1cccc(F)c1COc1ccc(C)c(F)c1.CCC(=O)Oc1cccc(I)c1COc1ccc(C)c(F)c1.CCC(=O)Oc1ccccc1COc1ccc(C)c(F)c1. The number of carbonyl (C=O) groups excluding carboxylic acids is 6. The second-order valence-corrected chi connectivity index (χ2v) is 31.1. The molecule has 0 N–H and O–H groups in total. The lowest BCUT2D eigenvalue weighted by Crippen LogP contribution is -2.09. The number of ether oxygens (including phenoxy) is 12. The van der Waals surface area contributed by atoms with E-state index in [1.807, 2.05) is 49.4 Å². The molecule has 12 rings (SSSR count). The Labute approximate surface area is 784 Å². The number of aryl methyl sites for hydroxylation is 7. The van der Waals surface area contributed by atoms with E-state index >= 15 is 0 Å². The van der Waals surface area contributed by atoms with Gasteiger partial charge in [-0.15, -0.1) is 0 Å². The summed E-state index contributed by atoms with van der Waals surface area (Å²) in [5.41, 5.74) is 7.91. The van der Waals surface area contributed by atoms with Crippen LogP contribution in [0.25, 0.3) is 0 Å². The highest BCUT2D eigenvalue weighted by Gasteiger charge is 2.20. The van der Waals surface area contributed by atoms with Crippen molar-refractivity contribution in [3.8, 4) is 69.0 Å². The summed E-state index contributed by atoms with van der Waals surface area (Å²) in [5, 5.41) is 0.425. The van der Waals surface area contributed by atoms with E-state index in [1.165, 1.54) is 54.6 Å². The monoisotopic (exact) mass is 2000 g/mol. The van der Waals surface area contributed by atoms with E-state index in [-0.39, 0.29) is 135 Å². The first-order valence-electron chi connectivity index (χ1n) is 41.5. The quantitative estimate of drug-likeness (QED) is 0.0177. The first kappa shape index (κ1) is 105. The summed E-state index contributed by atoms with van der Waals surface area (Å²) in [6.07, 6.45) is 1.64. The highest BCUT2D eigenvalue weighted by Crippen LogP contribution is 2.35. The first-order chi connectivity index (χ1) is 62.6. The lowest BCUT2D eigenvalue weighted by Gasteiger charge is -2.13. The van der Waals surface area contributed by atoms with E-state index < -0.39 is 17.6 Å². The Kier molecular flexibility index (Phi) is 43.5. The van der Waals surface area contributed by atoms with Gasteiger partial charge in [0.1, 0.15) is 149 Å². The van der Waals surface area contributed by atoms with Crippen molar-refractivity contribution in [2.24, 2.45) is 0 Å². The zero-order valence-corrected chi connectivity index (χ0v) is 79.0. The highest BCUT2D eigenvalue weighted by atomic mass is 127. The number of carbonyl (C=O) groups is 6. The van der Waals surface area contributed by atoms with Crippen LogP contribution in [0, 0.1) is 92.8 Å². The Morgan fingerprint density at radius 3 is 0.893 bits per heavy atom. The van der Waals surface area contributed by atoms with Gasteiger partial charge in [-0.3, -0.25) is 28.8 Å². The predicted octanol–water partition coefficient (Wildman–Crippen LogP) is 26.6. The fraction of sp³-hybridized carbons (Fsp3) is 0.243. The molecule has 0 aromatic heterocycles. The third-order valence-corrected chi connectivity index (χ3v) is 21.0. The highest BCUT2D eigenvalue weighted by molar-refractivity contribution is 14.1. The van der Waals surface area contributed by atoms with Gasteiger partial charge in [0.25, 0.3) is 0 Å². The molecule has 18 nitrogen and oxygen atoms in total. The lowest BCUT2D eigenvalue weighted by molar-refractivity contribution is -0.135. The van der Waals surface area contributed by atoms with Crippen LogP contribution in [0.5, 0.6) is 69.0 Å². The standard InChI is InChI=1S/C18H19FO3.C17H16BrFO3.C17H16ClFO3.C17H16F2O3.C17H16FIO3.C17H17FO3/c1-4-18(20)22-17-7-5-6-12(2)15(17)11-21-14-9-8-13(3)16(19)10-14;3*1-3-17(20)22-16-6-4-5-14(18)13(16)10-21-12-8-7-11(2)15(19)9-12;1-3-17(20)22-16-6-4-5-15(19)13(16)10-21-12-8-7-11(2)14(18)9-12;1-3-17(19)21-16-7-5-4-6-13(16)11-20-14-9-8-12(2)15(18)10-14/h5-10H,4,11H2,1-3H3;4*4-9H,3,10H2,1-2H3;4-10H,3,11H2,1-2H3. The number of rotatable bonds is 30. The molecule has 0 aliphatic rings. The lowest BCUT2D eigenvalue weighted by atomic mass is 10.1. The summed E-state index contributed by atoms with van der Waals surface area (Å²) in [4.78, 5) is 68.6. The molecule has 0 aliphatic carbocycles. The third-order valence-electron chi connectivity index (χ3n) is 18.9. The summed E-state index contributed by atoms with van der Waals surface area (Å²) in [7, 11) is 0. The maximum atomic E-state index is 13.9. The summed E-state index contributed by atoms with van der Waals surface area (Å²) < 4.78 is 161. The number of hydrogen-bond donors (Lipinski definition) is 0. The molecule has 0 aliphatic heterocycles. The second kappa shape index (κ2) is 54.0. The molecule has 690 valence electrons. The molecule has 0 heterocycles. The van der Waals surface area contributed by atoms with Crippen LogP contribution in [0.3, 0.4) is 0 Å². The predicted molar refractivity (Wildman–Crippen MR) is 497 cm³/mol. The Morgan fingerprint density at radius 1 is 0.267 bits per heavy atom. The van der Waals surface area contributed by atoms with Gasteiger partial charge in [0.05, 0.1) is 16.1 Å². The number of para-hydroxylation sites is 1. The Morgan fingerprint density at radius 2 is 0.527 bits per heavy atom. The van der Waals surface area contributed by atoms with Crippen LogP contribution in [0.4, 0.5) is 30.7 Å². The molecular weight excluding hydrogens is 1900 g/mol. The minimum Gasteiger partial charge on any atom is -0.489 e. The maximum Gasteiger partial charge on any atom is 0.310 e. The van der Waals surface area contributed by atoms with Crippen molar-refractivity contribution in [1.82, 2.24) is 0 Å². The van der Waals surface area contributed by atoms with Crippen LogP contribution in [0.15, 0.2) is 229 Å². The van der Waals surface area contributed by atoms with Crippen LogP contribution in [0.2, 0.25) is 5.02 Å². The van der Waals surface area contributed by atoms with E-state index in [0.29, 0.717) is 126 Å².